The average Bonchev–Trinajstić information content (AvgIpc) is 2.77. The number of carbonyl (C=O) groups is 1. The molecule has 0 aromatic heterocycles. The van der Waals surface area contributed by atoms with E-state index in [1.54, 1.807) is 14.1 Å². The van der Waals surface area contributed by atoms with E-state index in [0.29, 0.717) is 10.6 Å². The highest BCUT2D eigenvalue weighted by molar-refractivity contribution is 8.14. The van der Waals surface area contributed by atoms with Crippen LogP contribution >= 0.6 is 11.8 Å². The minimum absolute atomic E-state index is 0.218. The van der Waals surface area contributed by atoms with Crippen LogP contribution in [-0.4, -0.2) is 34.7 Å². The van der Waals surface area contributed by atoms with E-state index in [-0.39, 0.29) is 11.8 Å². The Bertz CT molecular complexity index is 1040. The normalized spacial score (nSPS) is 20.8. The van der Waals surface area contributed by atoms with Crippen molar-refractivity contribution in [1.82, 2.24) is 4.90 Å². The van der Waals surface area contributed by atoms with Crippen molar-refractivity contribution in [2.75, 3.05) is 14.1 Å². The fraction of sp³-hybridized carbons (Fsp3) is 0.167. The summed E-state index contributed by atoms with van der Waals surface area (Å²) < 4.78 is 0.917. The molecule has 1 heterocycles. The molecule has 3 aromatic carbocycles. The summed E-state index contributed by atoms with van der Waals surface area (Å²) in [6.45, 7) is 0. The summed E-state index contributed by atoms with van der Waals surface area (Å²) in [6, 6.07) is 29.0. The molecule has 0 aliphatic carbocycles. The standard InChI is InChI=1S/C24H22N2O2S/c1-25(2)23(27)24(19-14-8-4-9-15-19)21(18-12-6-3-7-13-18)22(26(24)28)29-20-16-10-5-11-17-20/h3-17,21H,1-2H3/t21-,24+/m0/s1. The molecule has 4 rings (SSSR count). The van der Waals surface area contributed by atoms with Gasteiger partial charge in [0.05, 0.1) is 0 Å². The Morgan fingerprint density at radius 1 is 0.897 bits per heavy atom. The van der Waals surface area contributed by atoms with E-state index in [0.717, 1.165) is 15.2 Å². The van der Waals surface area contributed by atoms with Crippen LogP contribution in [0.3, 0.4) is 0 Å². The van der Waals surface area contributed by atoms with Gasteiger partial charge in [-0.05, 0) is 29.5 Å². The summed E-state index contributed by atoms with van der Waals surface area (Å²) in [5, 5.41) is 14.3. The third kappa shape index (κ3) is 3.12. The first-order valence-electron chi connectivity index (χ1n) is 9.46. The summed E-state index contributed by atoms with van der Waals surface area (Å²) >= 11 is 1.43. The minimum atomic E-state index is -1.32. The zero-order chi connectivity index (χ0) is 20.4. The van der Waals surface area contributed by atoms with Crippen LogP contribution in [0.5, 0.6) is 0 Å². The summed E-state index contributed by atoms with van der Waals surface area (Å²) in [4.78, 5) is 16.0. The van der Waals surface area contributed by atoms with Crippen molar-refractivity contribution in [1.29, 1.82) is 0 Å². The highest BCUT2D eigenvalue weighted by Crippen LogP contribution is 2.52. The summed E-state index contributed by atoms with van der Waals surface area (Å²) in [7, 11) is 3.40. The topological polar surface area (TPSA) is 46.4 Å². The molecule has 1 aliphatic heterocycles. The van der Waals surface area contributed by atoms with E-state index in [4.69, 9.17) is 0 Å². The van der Waals surface area contributed by atoms with Crippen molar-refractivity contribution in [3.8, 4) is 0 Å². The van der Waals surface area contributed by atoms with Gasteiger partial charge in [0.1, 0.15) is 0 Å². The largest absolute Gasteiger partial charge is 0.622 e. The Labute approximate surface area is 175 Å². The molecular formula is C24H22N2O2S. The second-order valence-electron chi connectivity index (χ2n) is 7.22. The van der Waals surface area contributed by atoms with E-state index in [1.807, 2.05) is 91.0 Å². The molecule has 3 aromatic rings. The Balaban J connectivity index is 1.93. The van der Waals surface area contributed by atoms with Crippen molar-refractivity contribution >= 4 is 22.7 Å². The predicted molar refractivity (Wildman–Crippen MR) is 117 cm³/mol. The van der Waals surface area contributed by atoms with Gasteiger partial charge in [0, 0.05) is 24.6 Å². The zero-order valence-corrected chi connectivity index (χ0v) is 17.2. The maximum Gasteiger partial charge on any atom is 0.301 e. The number of carbonyl (C=O) groups excluding carboxylic acids is 1. The Hall–Kier alpha value is -3.05. The molecule has 1 aliphatic rings. The Morgan fingerprint density at radius 3 is 1.97 bits per heavy atom. The number of hydroxylamine groups is 1. The molecule has 146 valence electrons. The lowest BCUT2D eigenvalue weighted by Crippen LogP contribution is -2.64. The summed E-state index contributed by atoms with van der Waals surface area (Å²) in [6.07, 6.45) is 0. The van der Waals surface area contributed by atoms with E-state index >= 15 is 0 Å². The van der Waals surface area contributed by atoms with Crippen LogP contribution < -0.4 is 0 Å². The lowest BCUT2D eigenvalue weighted by Gasteiger charge is -2.46. The first kappa shape index (κ1) is 19.3. The van der Waals surface area contributed by atoms with Gasteiger partial charge in [-0.2, -0.15) is 4.74 Å². The van der Waals surface area contributed by atoms with E-state index < -0.39 is 5.54 Å². The molecule has 0 unspecified atom stereocenters. The maximum atomic E-state index is 13.6. The van der Waals surface area contributed by atoms with Gasteiger partial charge in [0.2, 0.25) is 5.04 Å². The average molecular weight is 403 g/mol. The molecule has 2 atom stereocenters. The van der Waals surface area contributed by atoms with Crippen LogP contribution in [0.25, 0.3) is 0 Å². The number of amides is 1. The minimum Gasteiger partial charge on any atom is -0.622 e. The first-order valence-corrected chi connectivity index (χ1v) is 10.3. The number of rotatable bonds is 4. The fourth-order valence-electron chi connectivity index (χ4n) is 3.91. The smallest absolute Gasteiger partial charge is 0.301 e. The number of nitrogens with zero attached hydrogens (tertiary/aromatic N) is 2. The highest BCUT2D eigenvalue weighted by atomic mass is 32.2. The molecule has 0 saturated heterocycles. The second-order valence-corrected chi connectivity index (χ2v) is 8.32. The highest BCUT2D eigenvalue weighted by Gasteiger charge is 2.68. The third-order valence-electron chi connectivity index (χ3n) is 5.23. The molecule has 0 spiro atoms. The molecule has 1 amide bonds. The van der Waals surface area contributed by atoms with Crippen molar-refractivity contribution in [2.45, 2.75) is 16.4 Å². The van der Waals surface area contributed by atoms with Crippen molar-refractivity contribution in [3.63, 3.8) is 0 Å². The van der Waals surface area contributed by atoms with E-state index in [1.165, 1.54) is 16.7 Å². The van der Waals surface area contributed by atoms with E-state index in [2.05, 4.69) is 0 Å². The summed E-state index contributed by atoms with van der Waals surface area (Å²) in [5.41, 5.74) is 0.348. The summed E-state index contributed by atoms with van der Waals surface area (Å²) in [5.74, 6) is -0.575. The number of likely N-dealkylation sites (N-methyl/N-ethyl adjacent to an activating group) is 1. The second kappa shape index (κ2) is 7.76. The Morgan fingerprint density at radius 2 is 1.41 bits per heavy atom. The number of hydrogen-bond donors (Lipinski definition) is 0. The third-order valence-corrected chi connectivity index (χ3v) is 6.35. The monoisotopic (exact) mass is 402 g/mol. The zero-order valence-electron chi connectivity index (χ0n) is 16.4. The van der Waals surface area contributed by atoms with E-state index in [9.17, 15) is 10.0 Å². The number of hydrogen-bond acceptors (Lipinski definition) is 3. The van der Waals surface area contributed by atoms with Gasteiger partial charge in [0.25, 0.3) is 5.54 Å². The van der Waals surface area contributed by atoms with Crippen LogP contribution in [0.4, 0.5) is 0 Å². The molecule has 0 radical (unpaired) electrons. The lowest BCUT2D eigenvalue weighted by atomic mass is 9.69. The van der Waals surface area contributed by atoms with Gasteiger partial charge in [0.15, 0.2) is 5.92 Å². The predicted octanol–water partition coefficient (Wildman–Crippen LogP) is 4.47. The maximum absolute atomic E-state index is 13.6. The molecule has 0 bridgehead atoms. The van der Waals surface area contributed by atoms with Crippen molar-refractivity contribution in [3.05, 3.63) is 107 Å². The van der Waals surface area contributed by atoms with Gasteiger partial charge < -0.3 is 10.1 Å². The number of thioether (sulfide) groups is 1. The van der Waals surface area contributed by atoms with Gasteiger partial charge in [-0.1, -0.05) is 78.9 Å². The molecular weight excluding hydrogens is 380 g/mol. The van der Waals surface area contributed by atoms with Crippen LogP contribution in [-0.2, 0) is 10.3 Å². The van der Waals surface area contributed by atoms with Crippen LogP contribution in [0.2, 0.25) is 0 Å². The van der Waals surface area contributed by atoms with Crippen molar-refractivity contribution < 1.29 is 9.53 Å². The quantitative estimate of drug-likeness (QED) is 0.478. The molecule has 29 heavy (non-hydrogen) atoms. The first-order chi connectivity index (χ1) is 14.1. The Kier molecular flexibility index (Phi) is 5.16. The molecule has 0 saturated carbocycles. The molecule has 5 heteroatoms. The van der Waals surface area contributed by atoms with Crippen LogP contribution in [0.1, 0.15) is 17.0 Å². The SMILES string of the molecule is CN(C)C(=O)[C@@]1(c2ccccc2)[C@@H](c2ccccc2)C(Sc2ccccc2)=[N+]1[O-]. The molecule has 4 nitrogen and oxygen atoms in total. The van der Waals surface area contributed by atoms with Gasteiger partial charge >= 0.3 is 5.91 Å². The van der Waals surface area contributed by atoms with Gasteiger partial charge in [-0.25, -0.2) is 0 Å². The number of benzene rings is 3. The fourth-order valence-corrected chi connectivity index (χ4v) is 5.10. The lowest BCUT2D eigenvalue weighted by molar-refractivity contribution is -0.574. The van der Waals surface area contributed by atoms with Crippen LogP contribution in [0, 0.1) is 5.21 Å². The van der Waals surface area contributed by atoms with Crippen LogP contribution in [0.15, 0.2) is 95.9 Å². The van der Waals surface area contributed by atoms with Gasteiger partial charge in [-0.3, -0.25) is 4.79 Å². The molecule has 0 N–H and O–H groups in total. The molecule has 0 fully saturated rings. The van der Waals surface area contributed by atoms with Gasteiger partial charge in [-0.15, -0.1) is 0 Å². The van der Waals surface area contributed by atoms with Crippen molar-refractivity contribution in [2.24, 2.45) is 0 Å².